The molecule has 0 amide bonds. The van der Waals surface area contributed by atoms with Gasteiger partial charge in [-0.3, -0.25) is 11.3 Å². The highest BCUT2D eigenvalue weighted by Crippen LogP contribution is 2.20. The number of benzene rings is 1. The molecule has 0 aliphatic carbocycles. The number of ether oxygens (including phenoxy) is 2. The fourth-order valence-electron chi connectivity index (χ4n) is 1.58. The maximum atomic E-state index is 12.0. The molecule has 0 heterocycles. The van der Waals surface area contributed by atoms with Crippen LogP contribution in [0.1, 0.15) is 25.5 Å². The van der Waals surface area contributed by atoms with Crippen LogP contribution >= 0.6 is 0 Å². The Morgan fingerprint density at radius 1 is 1.20 bits per heavy atom. The highest BCUT2D eigenvalue weighted by Gasteiger charge is 2.28. The summed E-state index contributed by atoms with van der Waals surface area (Å²) in [7, 11) is 0. The van der Waals surface area contributed by atoms with E-state index in [0.29, 0.717) is 5.75 Å². The number of nitrogens with two attached hydrogens (primary N) is 1. The number of hydrazine groups is 1. The van der Waals surface area contributed by atoms with Crippen LogP contribution in [0.4, 0.5) is 13.2 Å². The van der Waals surface area contributed by atoms with Crippen molar-refractivity contribution in [1.82, 2.24) is 5.43 Å². The van der Waals surface area contributed by atoms with E-state index in [2.05, 4.69) is 10.2 Å². The first-order valence-corrected chi connectivity index (χ1v) is 6.19. The normalized spacial score (nSPS) is 13.6. The van der Waals surface area contributed by atoms with Gasteiger partial charge in [0.05, 0.1) is 18.8 Å². The van der Waals surface area contributed by atoms with Crippen molar-refractivity contribution in [2.24, 2.45) is 5.84 Å². The topological polar surface area (TPSA) is 56.5 Å². The minimum Gasteiger partial charge on any atom is -0.491 e. The maximum Gasteiger partial charge on any atom is 0.411 e. The molecule has 1 rings (SSSR count). The Kier molecular flexibility index (Phi) is 6.25. The van der Waals surface area contributed by atoms with Crippen LogP contribution < -0.4 is 16.0 Å². The number of halogens is 3. The molecule has 0 fully saturated rings. The molecule has 0 aromatic heterocycles. The molecule has 0 radical (unpaired) electrons. The molecule has 1 aromatic rings. The van der Waals surface area contributed by atoms with Crippen LogP contribution in [-0.4, -0.2) is 25.5 Å². The smallest absolute Gasteiger partial charge is 0.411 e. The van der Waals surface area contributed by atoms with Crippen molar-refractivity contribution in [2.75, 3.05) is 13.2 Å². The zero-order valence-corrected chi connectivity index (χ0v) is 11.4. The van der Waals surface area contributed by atoms with Gasteiger partial charge in [0.15, 0.2) is 0 Å². The second-order valence-corrected chi connectivity index (χ2v) is 4.59. The zero-order chi connectivity index (χ0) is 15.2. The molecule has 1 unspecified atom stereocenters. The molecule has 1 aromatic carbocycles. The number of rotatable bonds is 7. The van der Waals surface area contributed by atoms with E-state index >= 15 is 0 Å². The molecule has 0 aliphatic rings. The van der Waals surface area contributed by atoms with Crippen molar-refractivity contribution in [1.29, 1.82) is 0 Å². The van der Waals surface area contributed by atoms with Gasteiger partial charge in [-0.1, -0.05) is 12.1 Å². The molecular formula is C13H19F3N2O2. The highest BCUT2D eigenvalue weighted by atomic mass is 19.4. The monoisotopic (exact) mass is 292 g/mol. The van der Waals surface area contributed by atoms with Gasteiger partial charge < -0.3 is 9.47 Å². The summed E-state index contributed by atoms with van der Waals surface area (Å²) >= 11 is 0. The Morgan fingerprint density at radius 3 is 2.25 bits per heavy atom. The lowest BCUT2D eigenvalue weighted by Gasteiger charge is -2.18. The summed E-state index contributed by atoms with van der Waals surface area (Å²) in [6.45, 7) is 2.35. The average molecular weight is 292 g/mol. The second-order valence-electron chi connectivity index (χ2n) is 4.59. The van der Waals surface area contributed by atoms with E-state index in [9.17, 15) is 13.2 Å². The molecule has 20 heavy (non-hydrogen) atoms. The molecule has 0 bridgehead atoms. The first-order chi connectivity index (χ1) is 9.31. The van der Waals surface area contributed by atoms with Crippen LogP contribution in [0.25, 0.3) is 0 Å². The van der Waals surface area contributed by atoms with Crippen molar-refractivity contribution >= 4 is 0 Å². The lowest BCUT2D eigenvalue weighted by atomic mass is 10.1. The number of alkyl halides is 3. The van der Waals surface area contributed by atoms with Gasteiger partial charge in [0.25, 0.3) is 0 Å². The maximum absolute atomic E-state index is 12.0. The van der Waals surface area contributed by atoms with Crippen LogP contribution in [0.15, 0.2) is 24.3 Å². The van der Waals surface area contributed by atoms with E-state index < -0.39 is 18.8 Å². The summed E-state index contributed by atoms with van der Waals surface area (Å²) < 4.78 is 46.1. The van der Waals surface area contributed by atoms with E-state index in [1.807, 2.05) is 13.8 Å². The molecule has 0 aliphatic heterocycles. The minimum absolute atomic E-state index is 0.0550. The molecule has 0 spiro atoms. The van der Waals surface area contributed by atoms with Crippen LogP contribution in [0.3, 0.4) is 0 Å². The third-order valence-electron chi connectivity index (χ3n) is 2.41. The molecule has 7 heteroatoms. The molecule has 1 atom stereocenters. The Hall–Kier alpha value is -1.31. The second kappa shape index (κ2) is 7.47. The van der Waals surface area contributed by atoms with E-state index in [1.54, 1.807) is 24.3 Å². The van der Waals surface area contributed by atoms with Gasteiger partial charge in [-0.15, -0.1) is 0 Å². The van der Waals surface area contributed by atoms with Gasteiger partial charge in [-0.25, -0.2) is 0 Å². The summed E-state index contributed by atoms with van der Waals surface area (Å²) in [6.07, 6.45) is -4.28. The summed E-state index contributed by atoms with van der Waals surface area (Å²) in [6, 6.07) is 6.44. The summed E-state index contributed by atoms with van der Waals surface area (Å²) in [5, 5.41) is 0. The van der Waals surface area contributed by atoms with E-state index in [-0.39, 0.29) is 12.7 Å². The number of hydrogen-bond acceptors (Lipinski definition) is 4. The van der Waals surface area contributed by atoms with Crippen molar-refractivity contribution in [3.63, 3.8) is 0 Å². The summed E-state index contributed by atoms with van der Waals surface area (Å²) in [4.78, 5) is 0. The van der Waals surface area contributed by atoms with Gasteiger partial charge in [0, 0.05) is 0 Å². The molecule has 114 valence electrons. The SMILES string of the molecule is CC(C)Oc1ccc(C(COCC(F)(F)F)NN)cc1. The average Bonchev–Trinajstić information content (AvgIpc) is 2.34. The van der Waals surface area contributed by atoms with Crippen LogP contribution in [0, 0.1) is 0 Å². The fraction of sp³-hybridized carbons (Fsp3) is 0.538. The van der Waals surface area contributed by atoms with Crippen molar-refractivity contribution in [3.8, 4) is 5.75 Å². The third kappa shape index (κ3) is 6.23. The third-order valence-corrected chi connectivity index (χ3v) is 2.41. The molecule has 3 N–H and O–H groups in total. The van der Waals surface area contributed by atoms with Gasteiger partial charge in [-0.05, 0) is 31.5 Å². The summed E-state index contributed by atoms with van der Waals surface area (Å²) in [5.41, 5.74) is 3.16. The number of hydrogen-bond donors (Lipinski definition) is 2. The Labute approximate surface area is 116 Å². The van der Waals surface area contributed by atoms with Crippen molar-refractivity contribution in [2.45, 2.75) is 32.2 Å². The first kappa shape index (κ1) is 16.7. The first-order valence-electron chi connectivity index (χ1n) is 6.19. The van der Waals surface area contributed by atoms with Gasteiger partial charge in [-0.2, -0.15) is 13.2 Å². The van der Waals surface area contributed by atoms with Crippen LogP contribution in [0.2, 0.25) is 0 Å². The fourth-order valence-corrected chi connectivity index (χ4v) is 1.58. The highest BCUT2D eigenvalue weighted by molar-refractivity contribution is 5.29. The Bertz CT molecular complexity index is 394. The zero-order valence-electron chi connectivity index (χ0n) is 11.4. The lowest BCUT2D eigenvalue weighted by molar-refractivity contribution is -0.175. The molecule has 4 nitrogen and oxygen atoms in total. The largest absolute Gasteiger partial charge is 0.491 e. The lowest BCUT2D eigenvalue weighted by Crippen LogP contribution is -2.32. The minimum atomic E-state index is -4.34. The summed E-state index contributed by atoms with van der Waals surface area (Å²) in [5.74, 6) is 6.02. The molecule has 0 saturated heterocycles. The number of nitrogens with one attached hydrogen (secondary N) is 1. The molecule has 0 saturated carbocycles. The van der Waals surface area contributed by atoms with Crippen LogP contribution in [0.5, 0.6) is 5.75 Å². The van der Waals surface area contributed by atoms with E-state index in [1.165, 1.54) is 0 Å². The predicted octanol–water partition coefficient (Wildman–Crippen LogP) is 2.56. The standard InChI is InChI=1S/C13H19F3N2O2/c1-9(2)20-11-5-3-10(4-6-11)12(18-17)7-19-8-13(14,15)16/h3-6,9,12,18H,7-8,17H2,1-2H3. The quantitative estimate of drug-likeness (QED) is 0.599. The van der Waals surface area contributed by atoms with Crippen LogP contribution in [-0.2, 0) is 4.74 Å². The molecular weight excluding hydrogens is 273 g/mol. The van der Waals surface area contributed by atoms with E-state index in [4.69, 9.17) is 10.6 Å². The Balaban J connectivity index is 2.56. The van der Waals surface area contributed by atoms with Gasteiger partial charge >= 0.3 is 6.18 Å². The van der Waals surface area contributed by atoms with Crippen molar-refractivity contribution in [3.05, 3.63) is 29.8 Å². The van der Waals surface area contributed by atoms with Crippen molar-refractivity contribution < 1.29 is 22.6 Å². The van der Waals surface area contributed by atoms with E-state index in [0.717, 1.165) is 5.56 Å². The van der Waals surface area contributed by atoms with Gasteiger partial charge in [0.2, 0.25) is 0 Å². The predicted molar refractivity (Wildman–Crippen MR) is 69.1 cm³/mol. The Morgan fingerprint density at radius 2 is 1.80 bits per heavy atom. The van der Waals surface area contributed by atoms with Gasteiger partial charge in [0.1, 0.15) is 12.4 Å².